The van der Waals surface area contributed by atoms with Gasteiger partial charge in [-0.1, -0.05) is 12.1 Å². The van der Waals surface area contributed by atoms with Crippen molar-refractivity contribution >= 4 is 10.0 Å². The second kappa shape index (κ2) is 6.69. The first-order valence-electron chi connectivity index (χ1n) is 7.25. The molecule has 0 fully saturated rings. The van der Waals surface area contributed by atoms with Crippen LogP contribution in [0.1, 0.15) is 5.56 Å². The third-order valence-electron chi connectivity index (χ3n) is 3.51. The summed E-state index contributed by atoms with van der Waals surface area (Å²) in [6.45, 7) is -0.172. The first-order valence-corrected chi connectivity index (χ1v) is 8.73. The van der Waals surface area contributed by atoms with Gasteiger partial charge in [0.2, 0.25) is 10.0 Å². The van der Waals surface area contributed by atoms with Crippen molar-refractivity contribution in [1.29, 1.82) is 0 Å². The number of nitrogens with one attached hydrogen (secondary N) is 1. The molecule has 0 amide bonds. The summed E-state index contributed by atoms with van der Waals surface area (Å²) in [5.74, 6) is -2.29. The minimum Gasteiger partial charge on any atom is -0.275 e. The van der Waals surface area contributed by atoms with E-state index in [0.717, 1.165) is 18.2 Å². The summed E-state index contributed by atoms with van der Waals surface area (Å²) in [4.78, 5) is 3.24. The minimum atomic E-state index is -4.36. The van der Waals surface area contributed by atoms with Crippen LogP contribution >= 0.6 is 0 Å². The first kappa shape index (κ1) is 17.2. The molecule has 1 aromatic carbocycles. The van der Waals surface area contributed by atoms with Gasteiger partial charge in [0, 0.05) is 31.5 Å². The van der Waals surface area contributed by atoms with Gasteiger partial charge in [-0.15, -0.1) is 0 Å². The van der Waals surface area contributed by atoms with Crippen molar-refractivity contribution in [3.8, 4) is 11.3 Å². The normalized spacial score (nSPS) is 11.6. The Labute approximate surface area is 143 Å². The fourth-order valence-electron chi connectivity index (χ4n) is 2.37. The molecule has 2 aromatic heterocycles. The molecule has 130 valence electrons. The van der Waals surface area contributed by atoms with Gasteiger partial charge in [0.15, 0.2) is 4.90 Å². The van der Waals surface area contributed by atoms with Crippen LogP contribution in [-0.2, 0) is 23.6 Å². The van der Waals surface area contributed by atoms with Gasteiger partial charge in [-0.25, -0.2) is 21.9 Å². The van der Waals surface area contributed by atoms with Crippen LogP contribution in [0.3, 0.4) is 0 Å². The molecule has 6 nitrogen and oxygen atoms in total. The van der Waals surface area contributed by atoms with Gasteiger partial charge in [-0.3, -0.25) is 9.67 Å². The summed E-state index contributed by atoms with van der Waals surface area (Å²) in [6, 6.07) is 6.21. The fourth-order valence-corrected chi connectivity index (χ4v) is 3.51. The predicted octanol–water partition coefficient (Wildman–Crippen LogP) is 2.24. The Kier molecular flexibility index (Phi) is 4.60. The summed E-state index contributed by atoms with van der Waals surface area (Å²) in [5, 5.41) is 4.05. The summed E-state index contributed by atoms with van der Waals surface area (Å²) < 4.78 is 55.8. The third kappa shape index (κ3) is 3.57. The lowest BCUT2D eigenvalue weighted by Crippen LogP contribution is -2.25. The van der Waals surface area contributed by atoms with Gasteiger partial charge in [-0.05, 0) is 23.8 Å². The number of aromatic nitrogens is 3. The van der Waals surface area contributed by atoms with Crippen LogP contribution in [0.5, 0.6) is 0 Å². The molecule has 0 radical (unpaired) electrons. The SMILES string of the molecule is Cn1cc(-c2ncccc2CNS(=O)(=O)c2c(F)cccc2F)cn1. The minimum absolute atomic E-state index is 0.172. The van der Waals surface area contributed by atoms with Crippen LogP contribution in [0.15, 0.2) is 53.8 Å². The maximum atomic E-state index is 13.7. The third-order valence-corrected chi connectivity index (χ3v) is 4.96. The van der Waals surface area contributed by atoms with E-state index in [4.69, 9.17) is 0 Å². The first-order chi connectivity index (χ1) is 11.9. The van der Waals surface area contributed by atoms with Gasteiger partial charge < -0.3 is 0 Å². The van der Waals surface area contributed by atoms with Gasteiger partial charge >= 0.3 is 0 Å². The Morgan fingerprint density at radius 3 is 2.52 bits per heavy atom. The van der Waals surface area contributed by atoms with Gasteiger partial charge in [0.1, 0.15) is 11.6 Å². The zero-order valence-electron chi connectivity index (χ0n) is 13.1. The van der Waals surface area contributed by atoms with Crippen LogP contribution in [0.2, 0.25) is 0 Å². The monoisotopic (exact) mass is 364 g/mol. The molecule has 3 rings (SSSR count). The van der Waals surface area contributed by atoms with Crippen molar-refractivity contribution in [2.24, 2.45) is 7.05 Å². The van der Waals surface area contributed by atoms with Gasteiger partial charge in [0.05, 0.1) is 11.9 Å². The van der Waals surface area contributed by atoms with E-state index in [1.807, 2.05) is 0 Å². The van der Waals surface area contributed by atoms with Crippen molar-refractivity contribution in [2.45, 2.75) is 11.4 Å². The second-order valence-corrected chi connectivity index (χ2v) is 6.99. The van der Waals surface area contributed by atoms with E-state index in [1.54, 1.807) is 42.5 Å². The summed E-state index contributed by atoms with van der Waals surface area (Å²) in [7, 11) is -2.62. The molecule has 3 aromatic rings. The number of hydrogen-bond donors (Lipinski definition) is 1. The molecule has 0 aliphatic rings. The van der Waals surface area contributed by atoms with Gasteiger partial charge in [-0.2, -0.15) is 5.10 Å². The van der Waals surface area contributed by atoms with E-state index in [9.17, 15) is 17.2 Å². The second-order valence-electron chi connectivity index (χ2n) is 5.29. The Bertz CT molecular complexity index is 998. The predicted molar refractivity (Wildman–Crippen MR) is 86.8 cm³/mol. The molecule has 0 saturated heterocycles. The van der Waals surface area contributed by atoms with Crippen molar-refractivity contribution < 1.29 is 17.2 Å². The summed E-state index contributed by atoms with van der Waals surface area (Å²) in [6.07, 6.45) is 4.89. The number of hydrogen-bond acceptors (Lipinski definition) is 4. The number of nitrogens with zero attached hydrogens (tertiary/aromatic N) is 3. The van der Waals surface area contributed by atoms with Crippen molar-refractivity contribution in [3.63, 3.8) is 0 Å². The highest BCUT2D eigenvalue weighted by Gasteiger charge is 2.24. The number of sulfonamides is 1. The molecule has 9 heteroatoms. The van der Waals surface area contributed by atoms with E-state index in [0.29, 0.717) is 16.8 Å². The van der Waals surface area contributed by atoms with Crippen molar-refractivity contribution in [1.82, 2.24) is 19.5 Å². The van der Waals surface area contributed by atoms with E-state index in [-0.39, 0.29) is 6.54 Å². The summed E-state index contributed by atoms with van der Waals surface area (Å²) in [5.41, 5.74) is 1.79. The average molecular weight is 364 g/mol. The molecule has 25 heavy (non-hydrogen) atoms. The van der Waals surface area contributed by atoms with Crippen molar-refractivity contribution in [3.05, 3.63) is 66.1 Å². The molecule has 0 aliphatic carbocycles. The molecule has 0 saturated carbocycles. The number of benzene rings is 1. The molecule has 0 unspecified atom stereocenters. The lowest BCUT2D eigenvalue weighted by molar-refractivity contribution is 0.514. The van der Waals surface area contributed by atoms with Crippen LogP contribution in [0.25, 0.3) is 11.3 Å². The zero-order chi connectivity index (χ0) is 18.0. The van der Waals surface area contributed by atoms with E-state index in [1.165, 1.54) is 0 Å². The standard InChI is InChI=1S/C16H14F2N4O2S/c1-22-10-12(8-20-22)15-11(4-3-7-19-15)9-21-25(23,24)16-13(17)5-2-6-14(16)18/h2-8,10,21H,9H2,1H3. The summed E-state index contributed by atoms with van der Waals surface area (Å²) >= 11 is 0. The van der Waals surface area contributed by atoms with E-state index in [2.05, 4.69) is 14.8 Å². The van der Waals surface area contributed by atoms with E-state index < -0.39 is 26.6 Å². The molecular weight excluding hydrogens is 350 g/mol. The molecule has 0 atom stereocenters. The Morgan fingerprint density at radius 1 is 1.16 bits per heavy atom. The fraction of sp³-hybridized carbons (Fsp3) is 0.125. The molecule has 2 heterocycles. The van der Waals surface area contributed by atoms with Crippen LogP contribution in [0, 0.1) is 11.6 Å². The smallest absolute Gasteiger partial charge is 0.246 e. The van der Waals surface area contributed by atoms with E-state index >= 15 is 0 Å². The number of aryl methyl sites for hydroxylation is 1. The lowest BCUT2D eigenvalue weighted by atomic mass is 10.1. The number of halogens is 2. The molecule has 1 N–H and O–H groups in total. The lowest BCUT2D eigenvalue weighted by Gasteiger charge is -2.10. The largest absolute Gasteiger partial charge is 0.275 e. The quantitative estimate of drug-likeness (QED) is 0.753. The Balaban J connectivity index is 1.90. The van der Waals surface area contributed by atoms with Crippen LogP contribution in [0.4, 0.5) is 8.78 Å². The maximum Gasteiger partial charge on any atom is 0.246 e. The number of rotatable bonds is 5. The van der Waals surface area contributed by atoms with Crippen molar-refractivity contribution in [2.75, 3.05) is 0 Å². The Hall–Kier alpha value is -2.65. The molecule has 0 spiro atoms. The molecular formula is C16H14F2N4O2S. The van der Waals surface area contributed by atoms with Gasteiger partial charge in [0.25, 0.3) is 0 Å². The maximum absolute atomic E-state index is 13.7. The van der Waals surface area contributed by atoms with Crippen LogP contribution in [-0.4, -0.2) is 23.2 Å². The molecule has 0 aliphatic heterocycles. The van der Waals surface area contributed by atoms with Crippen LogP contribution < -0.4 is 4.72 Å². The number of pyridine rings is 1. The highest BCUT2D eigenvalue weighted by Crippen LogP contribution is 2.22. The topological polar surface area (TPSA) is 76.9 Å². The zero-order valence-corrected chi connectivity index (χ0v) is 14.0. The Morgan fingerprint density at radius 2 is 1.88 bits per heavy atom. The highest BCUT2D eigenvalue weighted by molar-refractivity contribution is 7.89. The highest BCUT2D eigenvalue weighted by atomic mass is 32.2. The average Bonchev–Trinajstić information content (AvgIpc) is 2.99. The molecule has 0 bridgehead atoms.